The molecule has 0 bridgehead atoms. The van der Waals surface area contributed by atoms with E-state index < -0.39 is 41.3 Å². The average Bonchev–Trinajstić information content (AvgIpc) is 3.12. The number of carbonyl (C=O) groups excluding carboxylic acids is 2. The molecule has 1 fully saturated rings. The molecule has 3 aromatic carbocycles. The molecule has 1 aliphatic heterocycles. The molecular weight excluding hydrogens is 689 g/mol. The van der Waals surface area contributed by atoms with Crippen LogP contribution in [0.5, 0.6) is 0 Å². The number of nitrogens with zero attached hydrogens (tertiary/aromatic N) is 3. The number of carbonyl (C=O) groups is 3. The highest BCUT2D eigenvalue weighted by Crippen LogP contribution is 2.44. The number of hydrogen-bond donors (Lipinski definition) is 3. The summed E-state index contributed by atoms with van der Waals surface area (Å²) in [5.41, 5.74) is 1.55. The summed E-state index contributed by atoms with van der Waals surface area (Å²) in [5.74, 6) is 3.33. The zero-order chi connectivity index (χ0) is 39.4. The first-order valence-electron chi connectivity index (χ1n) is 19.1. The van der Waals surface area contributed by atoms with E-state index in [1.165, 1.54) is 17.0 Å². The second-order valence-corrected chi connectivity index (χ2v) is 14.2. The van der Waals surface area contributed by atoms with Crippen LogP contribution in [0, 0.1) is 36.3 Å². The molecule has 0 aromatic heterocycles. The molecule has 3 amide bonds. The number of hydrogen-bond acceptors (Lipinski definition) is 5. The number of halogens is 2. The lowest BCUT2D eigenvalue weighted by atomic mass is 9.76. The number of nitrogens with one attached hydrogen (secondary N) is 2. The Labute approximate surface area is 319 Å². The minimum Gasteiger partial charge on any atom is -0.465 e. The Bertz CT molecular complexity index is 1820. The van der Waals surface area contributed by atoms with Crippen molar-refractivity contribution in [2.24, 2.45) is 5.92 Å². The van der Waals surface area contributed by atoms with Gasteiger partial charge in [0.15, 0.2) is 0 Å². The monoisotopic (exact) mass is 743 g/mol. The summed E-state index contributed by atoms with van der Waals surface area (Å²) < 4.78 is 29.9. The zero-order valence-electron chi connectivity index (χ0n) is 32.5. The van der Waals surface area contributed by atoms with Gasteiger partial charge in [-0.05, 0) is 98.8 Å². The topological polar surface area (TPSA) is 105 Å². The molecule has 3 aromatic rings. The van der Waals surface area contributed by atoms with Gasteiger partial charge in [0.1, 0.15) is 17.3 Å². The third-order valence-corrected chi connectivity index (χ3v) is 9.96. The molecular formula is C43H55F2N5O4. The van der Waals surface area contributed by atoms with Crippen molar-refractivity contribution >= 4 is 17.9 Å². The van der Waals surface area contributed by atoms with Gasteiger partial charge < -0.3 is 20.6 Å². The Morgan fingerprint density at radius 3 is 2.26 bits per heavy atom. The fourth-order valence-corrected chi connectivity index (χ4v) is 7.61. The van der Waals surface area contributed by atoms with Crippen LogP contribution in [-0.2, 0) is 6.54 Å². The second kappa shape index (κ2) is 19.5. The summed E-state index contributed by atoms with van der Waals surface area (Å²) in [4.78, 5) is 46.4. The van der Waals surface area contributed by atoms with Crippen LogP contribution in [0.1, 0.15) is 109 Å². The first-order chi connectivity index (χ1) is 25.9. The smallest absolute Gasteiger partial charge is 0.409 e. The van der Waals surface area contributed by atoms with Gasteiger partial charge in [-0.3, -0.25) is 19.4 Å². The molecule has 3 N–H and O–H groups in total. The second-order valence-electron chi connectivity index (χ2n) is 14.2. The van der Waals surface area contributed by atoms with Gasteiger partial charge in [-0.25, -0.2) is 13.6 Å². The minimum absolute atomic E-state index is 0.0237. The molecule has 3 atom stereocenters. The van der Waals surface area contributed by atoms with Gasteiger partial charge >= 0.3 is 6.09 Å². The number of unbranched alkanes of at least 4 members (excludes halogenated alkanes) is 1. The van der Waals surface area contributed by atoms with E-state index in [9.17, 15) is 28.3 Å². The predicted octanol–water partition coefficient (Wildman–Crippen LogP) is 7.60. The highest BCUT2D eigenvalue weighted by atomic mass is 19.1. The van der Waals surface area contributed by atoms with E-state index in [4.69, 9.17) is 0 Å². The Morgan fingerprint density at radius 2 is 1.63 bits per heavy atom. The zero-order valence-corrected chi connectivity index (χ0v) is 32.5. The van der Waals surface area contributed by atoms with E-state index in [0.717, 1.165) is 42.9 Å². The van der Waals surface area contributed by atoms with Gasteiger partial charge in [-0.1, -0.05) is 51.7 Å². The summed E-state index contributed by atoms with van der Waals surface area (Å²) in [6, 6.07) is 15.0. The van der Waals surface area contributed by atoms with E-state index >= 15 is 0 Å². The summed E-state index contributed by atoms with van der Waals surface area (Å²) in [5, 5.41) is 17.5. The fraction of sp³-hybridized carbons (Fsp3) is 0.465. The lowest BCUT2D eigenvalue weighted by Gasteiger charge is -2.58. The number of carboxylic acid groups (broad SMARTS) is 1. The van der Waals surface area contributed by atoms with E-state index in [1.807, 2.05) is 49.9 Å². The molecule has 1 aliphatic rings. The molecule has 11 heteroatoms. The standard InChI is InChI=1S/C43H55F2N5O4/c1-7-11-12-14-31-15-13-16-32(23-31)28-46-29-36(10-4)43(39(33-25-37(44)27-38(45)26-33)48(6)19-20-50(43)42(53)54)47-40(51)34-21-30(5)22-35(24-34)41(52)49(17-8-2)18-9-3/h13,15-16,21-27,36,39,46H,7-11,17-20,28-29H2,1-6H3,(H,47,51)(H,53,54). The summed E-state index contributed by atoms with van der Waals surface area (Å²) in [6.07, 6.45) is 2.43. The van der Waals surface area contributed by atoms with Crippen molar-refractivity contribution in [2.45, 2.75) is 85.0 Å². The first-order valence-corrected chi connectivity index (χ1v) is 19.1. The number of benzene rings is 3. The van der Waals surface area contributed by atoms with Crippen molar-refractivity contribution in [3.8, 4) is 11.8 Å². The molecule has 4 rings (SSSR count). The van der Waals surface area contributed by atoms with Gasteiger partial charge in [-0.2, -0.15) is 0 Å². The normalized spacial score (nSPS) is 17.7. The molecule has 1 saturated heterocycles. The van der Waals surface area contributed by atoms with Gasteiger partial charge in [0.2, 0.25) is 0 Å². The van der Waals surface area contributed by atoms with Crippen LogP contribution < -0.4 is 10.6 Å². The molecule has 1 heterocycles. The lowest BCUT2D eigenvalue weighted by molar-refractivity contribution is -0.0822. The Hall–Kier alpha value is -4.79. The van der Waals surface area contributed by atoms with Crippen LogP contribution in [0.4, 0.5) is 13.6 Å². The van der Waals surface area contributed by atoms with Gasteiger partial charge in [0.25, 0.3) is 11.8 Å². The Morgan fingerprint density at radius 1 is 0.944 bits per heavy atom. The van der Waals surface area contributed by atoms with Crippen molar-refractivity contribution in [3.63, 3.8) is 0 Å². The largest absolute Gasteiger partial charge is 0.465 e. The third-order valence-electron chi connectivity index (χ3n) is 9.96. The quantitative estimate of drug-likeness (QED) is 0.139. The van der Waals surface area contributed by atoms with Crippen molar-refractivity contribution in [2.75, 3.05) is 39.8 Å². The van der Waals surface area contributed by atoms with Crippen LogP contribution in [0.3, 0.4) is 0 Å². The van der Waals surface area contributed by atoms with Crippen LogP contribution in [0.2, 0.25) is 0 Å². The molecule has 9 nitrogen and oxygen atoms in total. The summed E-state index contributed by atoms with van der Waals surface area (Å²) in [7, 11) is 1.76. The van der Waals surface area contributed by atoms with Crippen molar-refractivity contribution in [1.29, 1.82) is 0 Å². The van der Waals surface area contributed by atoms with E-state index in [-0.39, 0.29) is 36.7 Å². The van der Waals surface area contributed by atoms with Crippen molar-refractivity contribution in [3.05, 3.63) is 106 Å². The van der Waals surface area contributed by atoms with Crippen molar-refractivity contribution in [1.82, 2.24) is 25.3 Å². The Balaban J connectivity index is 1.82. The number of piperazine rings is 1. The van der Waals surface area contributed by atoms with Gasteiger partial charge in [-0.15, -0.1) is 0 Å². The molecule has 0 aliphatic carbocycles. The number of amides is 3. The van der Waals surface area contributed by atoms with E-state index in [2.05, 4.69) is 29.4 Å². The highest BCUT2D eigenvalue weighted by Gasteiger charge is 2.57. The SMILES string of the molecule is CCCC#Cc1cccc(CNCC(CC)C2(NC(=O)c3cc(C)cc(C(=O)N(CCC)CCC)c3)C(c3cc(F)cc(F)c3)N(C)CCN2C(=O)O)c1. The molecule has 3 unspecified atom stereocenters. The molecule has 0 saturated carbocycles. The molecule has 0 radical (unpaired) electrons. The Kier molecular flexibility index (Phi) is 15.2. The predicted molar refractivity (Wildman–Crippen MR) is 208 cm³/mol. The molecule has 0 spiro atoms. The van der Waals surface area contributed by atoms with Gasteiger partial charge in [0, 0.05) is 74.4 Å². The van der Waals surface area contributed by atoms with Crippen LogP contribution in [0.25, 0.3) is 0 Å². The first kappa shape index (κ1) is 42.0. The maximum Gasteiger partial charge on any atom is 0.409 e. The van der Waals surface area contributed by atoms with E-state index in [1.54, 1.807) is 37.1 Å². The summed E-state index contributed by atoms with van der Waals surface area (Å²) in [6.45, 7) is 11.9. The minimum atomic E-state index is -1.71. The van der Waals surface area contributed by atoms with E-state index in [0.29, 0.717) is 37.2 Å². The number of rotatable bonds is 15. The summed E-state index contributed by atoms with van der Waals surface area (Å²) >= 11 is 0. The molecule has 54 heavy (non-hydrogen) atoms. The van der Waals surface area contributed by atoms with Crippen LogP contribution >= 0.6 is 0 Å². The maximum atomic E-state index is 15.0. The average molecular weight is 744 g/mol. The molecule has 290 valence electrons. The van der Waals surface area contributed by atoms with Crippen LogP contribution in [0.15, 0.2) is 60.7 Å². The maximum absolute atomic E-state index is 15.0. The van der Waals surface area contributed by atoms with Crippen LogP contribution in [-0.4, -0.2) is 83.1 Å². The lowest BCUT2D eigenvalue weighted by Crippen LogP contribution is -2.75. The highest BCUT2D eigenvalue weighted by molar-refractivity contribution is 6.00. The number of aryl methyl sites for hydroxylation is 1. The number of likely N-dealkylation sites (N-methyl/N-ethyl adjacent to an activating group) is 1. The fourth-order valence-electron chi connectivity index (χ4n) is 7.61. The third kappa shape index (κ3) is 10.0. The van der Waals surface area contributed by atoms with Gasteiger partial charge in [0.05, 0.1) is 6.04 Å². The van der Waals surface area contributed by atoms with Crippen molar-refractivity contribution < 1.29 is 28.3 Å².